The minimum atomic E-state index is -0.409. The van der Waals surface area contributed by atoms with Crippen molar-refractivity contribution < 1.29 is 14.0 Å². The molecule has 0 saturated heterocycles. The average Bonchev–Trinajstić information content (AvgIpc) is 3.03. The molecule has 3 nitrogen and oxygen atoms in total. The van der Waals surface area contributed by atoms with Gasteiger partial charge in [0.05, 0.1) is 4.91 Å². The van der Waals surface area contributed by atoms with Gasteiger partial charge in [0.1, 0.15) is 5.82 Å². The number of halogens is 1. The highest BCUT2D eigenvalue weighted by Gasteiger charge is 2.27. The van der Waals surface area contributed by atoms with Crippen LogP contribution in [0, 0.1) is 5.82 Å². The summed E-state index contributed by atoms with van der Waals surface area (Å²) < 4.78 is 13.2. The maximum absolute atomic E-state index is 13.2. The number of benzene rings is 3. The van der Waals surface area contributed by atoms with Crippen LogP contribution in [0.1, 0.15) is 20.7 Å². The maximum Gasteiger partial charge on any atom is 0.262 e. The summed E-state index contributed by atoms with van der Waals surface area (Å²) >= 11 is 1.34. The van der Waals surface area contributed by atoms with Crippen molar-refractivity contribution in [2.75, 3.05) is 4.90 Å². The molecule has 5 heteroatoms. The van der Waals surface area contributed by atoms with Crippen LogP contribution in [-0.2, 0) is 0 Å². The summed E-state index contributed by atoms with van der Waals surface area (Å²) in [5, 5.41) is 0. The van der Waals surface area contributed by atoms with Crippen molar-refractivity contribution in [3.63, 3.8) is 0 Å². The number of anilines is 1. The van der Waals surface area contributed by atoms with E-state index in [-0.39, 0.29) is 11.7 Å². The number of carbonyl (C=O) groups excluding carboxylic acids is 2. The van der Waals surface area contributed by atoms with Gasteiger partial charge in [-0.05, 0) is 48.5 Å². The number of amides is 1. The van der Waals surface area contributed by atoms with Crippen molar-refractivity contribution in [1.29, 1.82) is 0 Å². The van der Waals surface area contributed by atoms with Crippen LogP contribution in [-0.4, -0.2) is 11.7 Å². The zero-order chi connectivity index (χ0) is 18.8. The molecule has 0 aliphatic carbocycles. The summed E-state index contributed by atoms with van der Waals surface area (Å²) in [4.78, 5) is 28.5. The molecular formula is C22H14FNO2S. The van der Waals surface area contributed by atoms with Gasteiger partial charge < -0.3 is 0 Å². The average molecular weight is 375 g/mol. The number of fused-ring (bicyclic) bond motifs is 1. The number of hydrogen-bond donors (Lipinski definition) is 0. The Labute approximate surface area is 160 Å². The van der Waals surface area contributed by atoms with Crippen LogP contribution in [0.25, 0.3) is 0 Å². The predicted molar refractivity (Wildman–Crippen MR) is 104 cm³/mol. The van der Waals surface area contributed by atoms with Crippen molar-refractivity contribution >= 4 is 29.1 Å². The van der Waals surface area contributed by atoms with E-state index >= 15 is 0 Å². The molecule has 0 unspecified atom stereocenters. The molecule has 3 aromatic carbocycles. The zero-order valence-electron chi connectivity index (χ0n) is 14.1. The Kier molecular flexibility index (Phi) is 4.60. The molecule has 0 aromatic heterocycles. The number of Topliss-reactive ketones (excluding diaryl/α,β-unsaturated/α-hetero) is 1. The second kappa shape index (κ2) is 7.21. The number of carbonyl (C=O) groups is 2. The van der Waals surface area contributed by atoms with Gasteiger partial charge in [-0.3, -0.25) is 14.5 Å². The van der Waals surface area contributed by atoms with Gasteiger partial charge in [0, 0.05) is 27.9 Å². The van der Waals surface area contributed by atoms with Crippen molar-refractivity contribution in [2.24, 2.45) is 0 Å². The van der Waals surface area contributed by atoms with Gasteiger partial charge in [0.25, 0.3) is 5.91 Å². The lowest BCUT2D eigenvalue weighted by molar-refractivity contribution is 0.0997. The normalized spacial score (nSPS) is 14.3. The second-order valence-electron chi connectivity index (χ2n) is 5.94. The Morgan fingerprint density at radius 2 is 1.56 bits per heavy atom. The summed E-state index contributed by atoms with van der Waals surface area (Å²) in [6.45, 7) is 0. The fraction of sp³-hybridized carbons (Fsp3) is 0. The number of para-hydroxylation sites is 1. The van der Waals surface area contributed by atoms with Gasteiger partial charge in [-0.2, -0.15) is 0 Å². The smallest absolute Gasteiger partial charge is 0.262 e. The highest BCUT2D eigenvalue weighted by atomic mass is 32.2. The third kappa shape index (κ3) is 3.41. The summed E-state index contributed by atoms with van der Waals surface area (Å²) in [6, 6.07) is 21.8. The maximum atomic E-state index is 13.2. The van der Waals surface area contributed by atoms with Crippen LogP contribution in [0.15, 0.2) is 94.9 Å². The Hall–Kier alpha value is -3.18. The van der Waals surface area contributed by atoms with Gasteiger partial charge in [-0.25, -0.2) is 4.39 Å². The number of rotatable bonds is 3. The topological polar surface area (TPSA) is 37.4 Å². The van der Waals surface area contributed by atoms with E-state index in [9.17, 15) is 14.0 Å². The molecule has 0 saturated carbocycles. The quantitative estimate of drug-likeness (QED) is 0.583. The third-order valence-electron chi connectivity index (χ3n) is 4.17. The van der Waals surface area contributed by atoms with Crippen LogP contribution in [0.2, 0.25) is 0 Å². The van der Waals surface area contributed by atoms with Gasteiger partial charge >= 0.3 is 0 Å². The molecule has 0 atom stereocenters. The summed E-state index contributed by atoms with van der Waals surface area (Å²) in [6.07, 6.45) is 1.56. The van der Waals surface area contributed by atoms with Crippen LogP contribution in [0.5, 0.6) is 0 Å². The van der Waals surface area contributed by atoms with E-state index in [1.165, 1.54) is 40.9 Å². The summed E-state index contributed by atoms with van der Waals surface area (Å²) in [5.41, 5.74) is 1.60. The molecule has 1 heterocycles. The lowest BCUT2D eigenvalue weighted by atomic mass is 10.1. The molecule has 0 N–H and O–H groups in total. The molecule has 27 heavy (non-hydrogen) atoms. The highest BCUT2D eigenvalue weighted by Crippen LogP contribution is 2.40. The van der Waals surface area contributed by atoms with E-state index in [0.29, 0.717) is 21.7 Å². The van der Waals surface area contributed by atoms with E-state index in [0.717, 1.165) is 4.90 Å². The van der Waals surface area contributed by atoms with E-state index in [2.05, 4.69) is 0 Å². The van der Waals surface area contributed by atoms with Crippen LogP contribution >= 0.6 is 11.8 Å². The number of thioether (sulfide) groups is 1. The van der Waals surface area contributed by atoms with E-state index < -0.39 is 5.82 Å². The molecule has 132 valence electrons. The van der Waals surface area contributed by atoms with Crippen LogP contribution < -0.4 is 4.90 Å². The van der Waals surface area contributed by atoms with Gasteiger partial charge in [-0.15, -0.1) is 0 Å². The summed E-state index contributed by atoms with van der Waals surface area (Å²) in [5.74, 6) is -0.852. The first kappa shape index (κ1) is 17.2. The SMILES string of the molecule is O=C1C(=CN(C(=O)c2ccc(F)cc2)c2ccccc2)Sc2ccccc21. The standard InChI is InChI=1S/C22H14FNO2S/c23-16-12-10-15(11-13-16)22(26)24(17-6-2-1-3-7-17)14-20-21(25)18-8-4-5-9-19(18)27-20/h1-14H. The Morgan fingerprint density at radius 1 is 0.889 bits per heavy atom. The molecule has 3 aromatic rings. The number of nitrogens with zero attached hydrogens (tertiary/aromatic N) is 1. The lowest BCUT2D eigenvalue weighted by Crippen LogP contribution is -2.26. The largest absolute Gasteiger partial charge is 0.288 e. The number of allylic oxidation sites excluding steroid dienone is 1. The highest BCUT2D eigenvalue weighted by molar-refractivity contribution is 8.04. The van der Waals surface area contributed by atoms with Crippen molar-refractivity contribution in [3.05, 3.63) is 107 Å². The van der Waals surface area contributed by atoms with Gasteiger partial charge in [0.15, 0.2) is 0 Å². The van der Waals surface area contributed by atoms with Gasteiger partial charge in [-0.1, -0.05) is 42.1 Å². The zero-order valence-corrected chi connectivity index (χ0v) is 14.9. The molecule has 0 radical (unpaired) electrons. The van der Waals surface area contributed by atoms with Crippen LogP contribution in [0.4, 0.5) is 10.1 Å². The fourth-order valence-electron chi connectivity index (χ4n) is 2.81. The first-order valence-electron chi connectivity index (χ1n) is 8.31. The molecular weight excluding hydrogens is 361 g/mol. The first-order valence-corrected chi connectivity index (χ1v) is 9.13. The third-order valence-corrected chi connectivity index (χ3v) is 5.25. The molecule has 0 spiro atoms. The summed E-state index contributed by atoms with van der Waals surface area (Å²) in [7, 11) is 0. The molecule has 1 aliphatic heterocycles. The molecule has 4 rings (SSSR count). The van der Waals surface area contributed by atoms with E-state index in [1.54, 1.807) is 24.4 Å². The Morgan fingerprint density at radius 3 is 2.26 bits per heavy atom. The lowest BCUT2D eigenvalue weighted by Gasteiger charge is -2.19. The molecule has 0 fully saturated rings. The Bertz CT molecular complexity index is 1050. The molecule has 1 aliphatic rings. The van der Waals surface area contributed by atoms with Crippen molar-refractivity contribution in [1.82, 2.24) is 0 Å². The molecule has 0 bridgehead atoms. The monoisotopic (exact) mass is 375 g/mol. The number of ketones is 1. The van der Waals surface area contributed by atoms with E-state index in [1.807, 2.05) is 36.4 Å². The minimum Gasteiger partial charge on any atom is -0.288 e. The van der Waals surface area contributed by atoms with Crippen molar-refractivity contribution in [2.45, 2.75) is 4.90 Å². The predicted octanol–water partition coefficient (Wildman–Crippen LogP) is 5.30. The van der Waals surface area contributed by atoms with Gasteiger partial charge in [0.2, 0.25) is 5.78 Å². The van der Waals surface area contributed by atoms with Crippen molar-refractivity contribution in [3.8, 4) is 0 Å². The van der Waals surface area contributed by atoms with Crippen LogP contribution in [0.3, 0.4) is 0 Å². The minimum absolute atomic E-state index is 0.108. The first-order chi connectivity index (χ1) is 13.1. The molecule has 1 amide bonds. The fourth-order valence-corrected chi connectivity index (χ4v) is 3.83. The number of hydrogen-bond acceptors (Lipinski definition) is 3. The Balaban J connectivity index is 1.75. The van der Waals surface area contributed by atoms with E-state index in [4.69, 9.17) is 0 Å². The second-order valence-corrected chi connectivity index (χ2v) is 7.02.